The lowest BCUT2D eigenvalue weighted by atomic mass is 9.95. The monoisotopic (exact) mass is 459 g/mol. The van der Waals surface area contributed by atoms with Crippen LogP contribution in [0.15, 0.2) is 5.16 Å². The zero-order chi connectivity index (χ0) is 20.3. The number of nitrogens with zero attached hydrogens (tertiary/aromatic N) is 1. The summed E-state index contributed by atoms with van der Waals surface area (Å²) in [7, 11) is 0. The third-order valence-electron chi connectivity index (χ3n) is 4.01. The molecular weight excluding hydrogens is 429 g/mol. The first-order valence-electron chi connectivity index (χ1n) is 8.91. The molecule has 0 bridgehead atoms. The zero-order valence-electron chi connectivity index (χ0n) is 16.3. The van der Waals surface area contributed by atoms with E-state index < -0.39 is 29.2 Å². The molecule has 1 aliphatic rings. The first-order valence-corrected chi connectivity index (χ1v) is 14.1. The van der Waals surface area contributed by atoms with E-state index in [1.165, 1.54) is 11.8 Å². The van der Waals surface area contributed by atoms with E-state index in [9.17, 15) is 9.35 Å². The van der Waals surface area contributed by atoms with Crippen LogP contribution in [0.4, 0.5) is 4.79 Å². The standard InChI is InChI=1S/C15H30N3O5PS3/c1-5-21-24(25,22-6-2)15(10-8-7-9-11-15)18-27(20)12-16-14(19)23-17-13(3)26-4/h18H,5-12H2,1-4H3,(H,16,19). The van der Waals surface area contributed by atoms with E-state index in [-0.39, 0.29) is 5.88 Å². The number of thioether (sulfide) groups is 1. The molecule has 158 valence electrons. The Morgan fingerprint density at radius 1 is 1.30 bits per heavy atom. The van der Waals surface area contributed by atoms with E-state index in [2.05, 4.69) is 15.2 Å². The van der Waals surface area contributed by atoms with E-state index in [4.69, 9.17) is 25.7 Å². The number of oxime groups is 1. The highest BCUT2D eigenvalue weighted by molar-refractivity contribution is 8.13. The van der Waals surface area contributed by atoms with Gasteiger partial charge in [-0.2, -0.15) is 0 Å². The summed E-state index contributed by atoms with van der Waals surface area (Å²) in [5, 5.41) is 6.03. The number of rotatable bonds is 10. The van der Waals surface area contributed by atoms with Crippen molar-refractivity contribution in [2.24, 2.45) is 5.16 Å². The van der Waals surface area contributed by atoms with Crippen LogP contribution >= 0.6 is 18.3 Å². The van der Waals surface area contributed by atoms with E-state index in [0.717, 1.165) is 32.1 Å². The van der Waals surface area contributed by atoms with E-state index in [1.807, 2.05) is 20.1 Å². The van der Waals surface area contributed by atoms with Gasteiger partial charge in [0.1, 0.15) is 10.3 Å². The minimum Gasteiger partial charge on any atom is -0.597 e. The Morgan fingerprint density at radius 2 is 1.89 bits per heavy atom. The van der Waals surface area contributed by atoms with Gasteiger partial charge in [0.2, 0.25) is 12.4 Å². The van der Waals surface area contributed by atoms with Crippen LogP contribution in [0.1, 0.15) is 52.9 Å². The number of carbonyl (C=O) groups excluding carboxylic acids is 1. The van der Waals surface area contributed by atoms with E-state index >= 15 is 0 Å². The predicted molar refractivity (Wildman–Crippen MR) is 116 cm³/mol. The van der Waals surface area contributed by atoms with Gasteiger partial charge >= 0.3 is 6.09 Å². The minimum absolute atomic E-state index is 0.123. The molecular formula is C15H30N3O5PS3. The molecule has 1 atom stereocenters. The maximum atomic E-state index is 12.6. The van der Waals surface area contributed by atoms with Crippen LogP contribution in [0.5, 0.6) is 0 Å². The molecule has 0 spiro atoms. The SMILES string of the molecule is CCOP(=S)(OCC)C1(N[S+]([O-])CNC(=O)ON=C(C)SC)CCCCC1. The average molecular weight is 460 g/mol. The normalized spacial score (nSPS) is 18.8. The Bertz CT molecular complexity index is 537. The lowest BCUT2D eigenvalue weighted by molar-refractivity contribution is 0.152. The van der Waals surface area contributed by atoms with Crippen LogP contribution in [0.3, 0.4) is 0 Å². The summed E-state index contributed by atoms with van der Waals surface area (Å²) in [5.74, 6) is -0.123. The molecule has 27 heavy (non-hydrogen) atoms. The van der Waals surface area contributed by atoms with Crippen molar-refractivity contribution in [3.8, 4) is 0 Å². The fraction of sp³-hybridized carbons (Fsp3) is 0.867. The van der Waals surface area contributed by atoms with Gasteiger partial charge in [-0.3, -0.25) is 10.2 Å². The largest absolute Gasteiger partial charge is 0.597 e. The van der Waals surface area contributed by atoms with Crippen molar-refractivity contribution in [1.82, 2.24) is 10.0 Å². The van der Waals surface area contributed by atoms with Crippen LogP contribution in [-0.4, -0.2) is 46.3 Å². The van der Waals surface area contributed by atoms with Gasteiger partial charge in [-0.25, -0.2) is 4.79 Å². The second-order valence-electron chi connectivity index (χ2n) is 5.89. The molecule has 0 aromatic carbocycles. The van der Waals surface area contributed by atoms with Gasteiger partial charge in [-0.1, -0.05) is 24.4 Å². The molecule has 1 rings (SSSR count). The first-order chi connectivity index (χ1) is 12.8. The molecule has 8 nitrogen and oxygen atoms in total. The van der Waals surface area contributed by atoms with Crippen molar-refractivity contribution in [2.75, 3.05) is 25.3 Å². The topological polar surface area (TPSA) is 104 Å². The molecule has 0 aliphatic heterocycles. The predicted octanol–water partition coefficient (Wildman–Crippen LogP) is 3.66. The second kappa shape index (κ2) is 12.6. The quantitative estimate of drug-likeness (QED) is 0.127. The summed E-state index contributed by atoms with van der Waals surface area (Å²) < 4.78 is 27.5. The van der Waals surface area contributed by atoms with E-state index in [1.54, 1.807) is 6.92 Å². The summed E-state index contributed by atoms with van der Waals surface area (Å²) in [6.45, 7) is 3.65. The third kappa shape index (κ3) is 7.81. The average Bonchev–Trinajstić information content (AvgIpc) is 2.65. The molecule has 0 radical (unpaired) electrons. The van der Waals surface area contributed by atoms with Gasteiger partial charge in [0.05, 0.1) is 24.6 Å². The Morgan fingerprint density at radius 3 is 2.41 bits per heavy atom. The molecule has 1 unspecified atom stereocenters. The minimum atomic E-state index is -2.70. The van der Waals surface area contributed by atoms with Crippen LogP contribution < -0.4 is 10.0 Å². The van der Waals surface area contributed by atoms with Gasteiger partial charge in [-0.05, 0) is 51.7 Å². The van der Waals surface area contributed by atoms with Crippen LogP contribution in [0.25, 0.3) is 0 Å². The summed E-state index contributed by atoms with van der Waals surface area (Å²) in [6, 6.07) is 0. The van der Waals surface area contributed by atoms with Crippen molar-refractivity contribution in [2.45, 2.75) is 58.2 Å². The maximum absolute atomic E-state index is 12.6. The lowest BCUT2D eigenvalue weighted by Gasteiger charge is -2.43. The maximum Gasteiger partial charge on any atom is 0.437 e. The van der Waals surface area contributed by atoms with Crippen molar-refractivity contribution in [1.29, 1.82) is 0 Å². The molecule has 0 aromatic heterocycles. The molecule has 0 saturated heterocycles. The smallest absolute Gasteiger partial charge is 0.437 e. The summed E-state index contributed by atoms with van der Waals surface area (Å²) in [6.07, 6.45) is 5.55. The highest BCUT2D eigenvalue weighted by atomic mass is 32.5. The number of hydrogen-bond acceptors (Lipinski definition) is 9. The van der Waals surface area contributed by atoms with Crippen LogP contribution in [0, 0.1) is 0 Å². The summed E-state index contributed by atoms with van der Waals surface area (Å²) in [5.41, 5.74) is 0. The lowest BCUT2D eigenvalue weighted by Crippen LogP contribution is -2.52. The molecule has 0 aromatic rings. The molecule has 2 N–H and O–H groups in total. The number of nitrogens with one attached hydrogen (secondary N) is 2. The molecule has 12 heteroatoms. The fourth-order valence-electron chi connectivity index (χ4n) is 2.74. The zero-order valence-corrected chi connectivity index (χ0v) is 19.7. The van der Waals surface area contributed by atoms with Crippen LogP contribution in [-0.2, 0) is 37.1 Å². The number of amides is 1. The highest BCUT2D eigenvalue weighted by Crippen LogP contribution is 2.64. The van der Waals surface area contributed by atoms with Gasteiger partial charge in [-0.15, -0.1) is 16.5 Å². The molecule has 1 aliphatic carbocycles. The second-order valence-corrected chi connectivity index (χ2v) is 11.9. The summed E-state index contributed by atoms with van der Waals surface area (Å²) in [4.78, 5) is 16.4. The number of carbonyl (C=O) groups is 1. The van der Waals surface area contributed by atoms with Crippen molar-refractivity contribution in [3.05, 3.63) is 0 Å². The molecule has 0 heterocycles. The highest BCUT2D eigenvalue weighted by Gasteiger charge is 2.50. The van der Waals surface area contributed by atoms with E-state index in [0.29, 0.717) is 18.3 Å². The van der Waals surface area contributed by atoms with Crippen molar-refractivity contribution >= 4 is 52.6 Å². The number of hydrogen-bond donors (Lipinski definition) is 2. The Hall–Kier alpha value is 0.130. The fourth-order valence-corrected chi connectivity index (χ4v) is 8.18. The molecule has 1 saturated carbocycles. The van der Waals surface area contributed by atoms with Crippen LogP contribution in [0.2, 0.25) is 0 Å². The van der Waals surface area contributed by atoms with Gasteiger partial charge < -0.3 is 13.6 Å². The molecule has 1 amide bonds. The Labute approximate surface area is 174 Å². The third-order valence-corrected chi connectivity index (χ3v) is 10.3. The van der Waals surface area contributed by atoms with Gasteiger partial charge in [0.25, 0.3) is 0 Å². The van der Waals surface area contributed by atoms with Crippen molar-refractivity contribution < 1.29 is 23.2 Å². The summed E-state index contributed by atoms with van der Waals surface area (Å²) >= 11 is 5.61. The Balaban J connectivity index is 2.75. The molecule has 1 fully saturated rings. The van der Waals surface area contributed by atoms with Gasteiger partial charge in [0, 0.05) is 0 Å². The van der Waals surface area contributed by atoms with Crippen molar-refractivity contribution in [3.63, 3.8) is 0 Å². The Kier molecular flexibility index (Phi) is 11.8. The van der Waals surface area contributed by atoms with Gasteiger partial charge in [0.15, 0.2) is 0 Å². The first kappa shape index (κ1) is 25.2.